The molecule has 2 N–H and O–H groups in total. The van der Waals surface area contributed by atoms with Crippen molar-refractivity contribution in [2.75, 3.05) is 13.1 Å². The summed E-state index contributed by atoms with van der Waals surface area (Å²) in [6, 6.07) is 8.49. The average molecular weight is 286 g/mol. The first-order chi connectivity index (χ1) is 10.2. The minimum absolute atomic E-state index is 0.377. The zero-order valence-electron chi connectivity index (χ0n) is 12.7. The van der Waals surface area contributed by atoms with Gasteiger partial charge in [-0.3, -0.25) is 4.90 Å². The Morgan fingerprint density at radius 2 is 2.05 bits per heavy atom. The maximum Gasteiger partial charge on any atom is 0.115 e. The Bertz CT molecular complexity index is 506. The summed E-state index contributed by atoms with van der Waals surface area (Å²) in [6.07, 6.45) is 8.22. The molecule has 3 aliphatic rings. The molecule has 1 aromatic carbocycles. The molecule has 0 amide bonds. The number of hydrogen-bond acceptors (Lipinski definition) is 3. The van der Waals surface area contributed by atoms with E-state index in [4.69, 9.17) is 0 Å². The second-order valence-corrected chi connectivity index (χ2v) is 7.35. The zero-order chi connectivity index (χ0) is 14.3. The van der Waals surface area contributed by atoms with Gasteiger partial charge in [0.2, 0.25) is 0 Å². The lowest BCUT2D eigenvalue weighted by atomic mass is 9.90. The van der Waals surface area contributed by atoms with Crippen molar-refractivity contribution >= 4 is 0 Å². The van der Waals surface area contributed by atoms with Gasteiger partial charge < -0.3 is 10.4 Å². The third kappa shape index (κ3) is 2.82. The van der Waals surface area contributed by atoms with Crippen LogP contribution in [0.1, 0.15) is 44.1 Å². The van der Waals surface area contributed by atoms with E-state index in [1.807, 2.05) is 12.1 Å². The molecule has 1 saturated heterocycles. The van der Waals surface area contributed by atoms with Crippen molar-refractivity contribution in [1.82, 2.24) is 10.2 Å². The fourth-order valence-corrected chi connectivity index (χ4v) is 4.41. The van der Waals surface area contributed by atoms with Gasteiger partial charge in [-0.25, -0.2) is 0 Å². The molecule has 4 rings (SSSR count). The topological polar surface area (TPSA) is 35.5 Å². The lowest BCUT2D eigenvalue weighted by molar-refractivity contribution is 0.0627. The molecule has 1 aliphatic heterocycles. The number of benzene rings is 1. The van der Waals surface area contributed by atoms with Crippen LogP contribution < -0.4 is 5.32 Å². The molecule has 3 fully saturated rings. The smallest absolute Gasteiger partial charge is 0.115 e. The number of nitrogens with one attached hydrogen (secondary N) is 1. The van der Waals surface area contributed by atoms with Crippen molar-refractivity contribution in [1.29, 1.82) is 0 Å². The normalized spacial score (nSPS) is 29.0. The molecule has 2 aliphatic carbocycles. The standard InChI is InChI=1S/C18H26N2O/c21-16-5-3-4-14(10-16)12-20-13-18(8-1-2-9-18)19-11-17(20)15-6-7-15/h3-5,10,15,17,19,21H,1-2,6-9,11-13H2. The van der Waals surface area contributed by atoms with E-state index < -0.39 is 0 Å². The first-order valence-corrected chi connectivity index (χ1v) is 8.51. The molecule has 0 radical (unpaired) electrons. The first-order valence-electron chi connectivity index (χ1n) is 8.51. The maximum atomic E-state index is 9.70. The molecule has 1 spiro atoms. The van der Waals surface area contributed by atoms with Crippen molar-refractivity contribution in [2.45, 2.75) is 56.7 Å². The third-order valence-electron chi connectivity index (χ3n) is 5.68. The summed E-state index contributed by atoms with van der Waals surface area (Å²) >= 11 is 0. The van der Waals surface area contributed by atoms with Gasteiger partial charge in [-0.05, 0) is 49.3 Å². The SMILES string of the molecule is Oc1cccc(CN2CC3(CCCC3)NCC2C2CC2)c1. The van der Waals surface area contributed by atoms with E-state index in [1.165, 1.54) is 50.6 Å². The van der Waals surface area contributed by atoms with Gasteiger partial charge in [0.25, 0.3) is 0 Å². The number of hydrogen-bond donors (Lipinski definition) is 2. The number of nitrogens with zero attached hydrogens (tertiary/aromatic N) is 1. The molecule has 1 unspecified atom stereocenters. The molecule has 3 heteroatoms. The highest BCUT2D eigenvalue weighted by molar-refractivity contribution is 5.27. The quantitative estimate of drug-likeness (QED) is 0.897. The van der Waals surface area contributed by atoms with Crippen molar-refractivity contribution in [2.24, 2.45) is 5.92 Å². The van der Waals surface area contributed by atoms with E-state index in [9.17, 15) is 5.11 Å². The highest BCUT2D eigenvalue weighted by Crippen LogP contribution is 2.41. The van der Waals surface area contributed by atoms with Crippen LogP contribution in [-0.2, 0) is 6.54 Å². The minimum atomic E-state index is 0.377. The van der Waals surface area contributed by atoms with E-state index in [2.05, 4.69) is 16.3 Å². The van der Waals surface area contributed by atoms with E-state index in [0.29, 0.717) is 17.3 Å². The monoisotopic (exact) mass is 286 g/mol. The Labute approximate surface area is 127 Å². The van der Waals surface area contributed by atoms with Crippen molar-refractivity contribution < 1.29 is 5.11 Å². The zero-order valence-corrected chi connectivity index (χ0v) is 12.7. The van der Waals surface area contributed by atoms with Gasteiger partial charge in [-0.2, -0.15) is 0 Å². The summed E-state index contributed by atoms with van der Waals surface area (Å²) in [4.78, 5) is 2.70. The summed E-state index contributed by atoms with van der Waals surface area (Å²) in [6.45, 7) is 3.33. The number of rotatable bonds is 3. The average Bonchev–Trinajstić information content (AvgIpc) is 3.21. The fourth-order valence-electron chi connectivity index (χ4n) is 4.41. The van der Waals surface area contributed by atoms with Crippen LogP contribution in [-0.4, -0.2) is 34.7 Å². The number of piperazine rings is 1. The number of aromatic hydroxyl groups is 1. The summed E-state index contributed by atoms with van der Waals surface area (Å²) in [5, 5.41) is 13.6. The van der Waals surface area contributed by atoms with Crippen molar-refractivity contribution in [3.05, 3.63) is 29.8 Å². The molecule has 1 atom stereocenters. The maximum absolute atomic E-state index is 9.70. The van der Waals surface area contributed by atoms with Crippen molar-refractivity contribution in [3.63, 3.8) is 0 Å². The lowest BCUT2D eigenvalue weighted by Crippen LogP contribution is -2.63. The molecule has 1 aromatic rings. The lowest BCUT2D eigenvalue weighted by Gasteiger charge is -2.47. The van der Waals surface area contributed by atoms with Crippen LogP contribution in [0.5, 0.6) is 5.75 Å². The molecular weight excluding hydrogens is 260 g/mol. The van der Waals surface area contributed by atoms with E-state index in [-0.39, 0.29) is 0 Å². The molecule has 21 heavy (non-hydrogen) atoms. The molecule has 2 saturated carbocycles. The van der Waals surface area contributed by atoms with Gasteiger partial charge >= 0.3 is 0 Å². The number of phenolic OH excluding ortho intramolecular Hbond substituents is 1. The summed E-state index contributed by atoms with van der Waals surface area (Å²) in [7, 11) is 0. The largest absolute Gasteiger partial charge is 0.508 e. The molecule has 3 nitrogen and oxygen atoms in total. The predicted molar refractivity (Wildman–Crippen MR) is 84.2 cm³/mol. The Hall–Kier alpha value is -1.06. The van der Waals surface area contributed by atoms with Crippen LogP contribution in [0.25, 0.3) is 0 Å². The number of phenols is 1. The highest BCUT2D eigenvalue weighted by Gasteiger charge is 2.45. The van der Waals surface area contributed by atoms with Crippen molar-refractivity contribution in [3.8, 4) is 5.75 Å². The van der Waals surface area contributed by atoms with Crippen LogP contribution >= 0.6 is 0 Å². The van der Waals surface area contributed by atoms with E-state index in [1.54, 1.807) is 6.07 Å². The van der Waals surface area contributed by atoms with Gasteiger partial charge in [-0.15, -0.1) is 0 Å². The first kappa shape index (κ1) is 13.6. The Kier molecular flexibility index (Phi) is 3.43. The van der Waals surface area contributed by atoms with Gasteiger partial charge in [0.1, 0.15) is 5.75 Å². The van der Waals surface area contributed by atoms with E-state index in [0.717, 1.165) is 19.0 Å². The minimum Gasteiger partial charge on any atom is -0.508 e. The highest BCUT2D eigenvalue weighted by atomic mass is 16.3. The molecular formula is C18H26N2O. The van der Waals surface area contributed by atoms with Gasteiger partial charge in [0.15, 0.2) is 0 Å². The predicted octanol–water partition coefficient (Wildman–Crippen LogP) is 2.89. The van der Waals surface area contributed by atoms with Gasteiger partial charge in [0, 0.05) is 31.2 Å². The van der Waals surface area contributed by atoms with Crippen LogP contribution in [0.2, 0.25) is 0 Å². The van der Waals surface area contributed by atoms with Crippen LogP contribution in [0.4, 0.5) is 0 Å². The molecule has 0 aromatic heterocycles. The van der Waals surface area contributed by atoms with Gasteiger partial charge in [0.05, 0.1) is 0 Å². The van der Waals surface area contributed by atoms with Gasteiger partial charge in [-0.1, -0.05) is 25.0 Å². The summed E-state index contributed by atoms with van der Waals surface area (Å²) in [5.41, 5.74) is 1.62. The molecule has 1 heterocycles. The Balaban J connectivity index is 1.53. The van der Waals surface area contributed by atoms with Crippen LogP contribution in [0.3, 0.4) is 0 Å². The molecule has 0 bridgehead atoms. The second kappa shape index (κ2) is 5.29. The third-order valence-corrected chi connectivity index (χ3v) is 5.68. The summed E-state index contributed by atoms with van der Waals surface area (Å²) in [5.74, 6) is 1.29. The molecule has 114 valence electrons. The van der Waals surface area contributed by atoms with Crippen LogP contribution in [0.15, 0.2) is 24.3 Å². The Morgan fingerprint density at radius 1 is 1.24 bits per heavy atom. The fraction of sp³-hybridized carbons (Fsp3) is 0.667. The van der Waals surface area contributed by atoms with E-state index >= 15 is 0 Å². The second-order valence-electron chi connectivity index (χ2n) is 7.35. The summed E-state index contributed by atoms with van der Waals surface area (Å²) < 4.78 is 0. The Morgan fingerprint density at radius 3 is 2.76 bits per heavy atom. The van der Waals surface area contributed by atoms with Crippen LogP contribution in [0, 0.1) is 5.92 Å².